The topological polar surface area (TPSA) is 67.6 Å². The lowest BCUT2D eigenvalue weighted by atomic mass is 10.3. The molecule has 1 amide bonds. The fourth-order valence-corrected chi connectivity index (χ4v) is 1.68. The zero-order valence-electron chi connectivity index (χ0n) is 8.82. The first-order chi connectivity index (χ1) is 6.67. The molecule has 0 aromatic heterocycles. The van der Waals surface area contributed by atoms with E-state index in [2.05, 4.69) is 21.9 Å². The van der Waals surface area contributed by atoms with Crippen LogP contribution in [0.3, 0.4) is 0 Å². The molecule has 2 atom stereocenters. The first kappa shape index (κ1) is 11.3. The SMILES string of the molecule is COC(=O)NC1CCN(C(C)CN)C1. The maximum absolute atomic E-state index is 10.9. The molecule has 1 aliphatic rings. The van der Waals surface area contributed by atoms with E-state index < -0.39 is 0 Å². The number of carbonyl (C=O) groups excluding carboxylic acids is 1. The van der Waals surface area contributed by atoms with E-state index in [0.717, 1.165) is 19.5 Å². The van der Waals surface area contributed by atoms with Gasteiger partial charge >= 0.3 is 6.09 Å². The van der Waals surface area contributed by atoms with Crippen LogP contribution in [0, 0.1) is 0 Å². The van der Waals surface area contributed by atoms with E-state index in [-0.39, 0.29) is 12.1 Å². The number of carbonyl (C=O) groups is 1. The number of amides is 1. The molecule has 3 N–H and O–H groups in total. The number of nitrogens with zero attached hydrogens (tertiary/aromatic N) is 1. The number of hydrogen-bond donors (Lipinski definition) is 2. The Labute approximate surface area is 84.6 Å². The fraction of sp³-hybridized carbons (Fsp3) is 0.889. The van der Waals surface area contributed by atoms with Crippen LogP contribution in [0.2, 0.25) is 0 Å². The predicted molar refractivity (Wildman–Crippen MR) is 54.0 cm³/mol. The molecule has 5 heteroatoms. The maximum Gasteiger partial charge on any atom is 0.407 e. The second-order valence-corrected chi connectivity index (χ2v) is 3.70. The summed E-state index contributed by atoms with van der Waals surface area (Å²) < 4.78 is 4.54. The minimum absolute atomic E-state index is 0.205. The van der Waals surface area contributed by atoms with Gasteiger partial charge in [-0.25, -0.2) is 4.79 Å². The average Bonchev–Trinajstić information content (AvgIpc) is 2.65. The monoisotopic (exact) mass is 201 g/mol. The fourth-order valence-electron chi connectivity index (χ4n) is 1.68. The maximum atomic E-state index is 10.9. The number of alkyl carbamates (subject to hydrolysis) is 1. The van der Waals surface area contributed by atoms with Gasteiger partial charge in [0, 0.05) is 31.7 Å². The molecule has 0 aromatic rings. The van der Waals surface area contributed by atoms with Gasteiger partial charge in [-0.15, -0.1) is 0 Å². The van der Waals surface area contributed by atoms with Crippen LogP contribution in [0.5, 0.6) is 0 Å². The second kappa shape index (κ2) is 5.17. The van der Waals surface area contributed by atoms with E-state index >= 15 is 0 Å². The largest absolute Gasteiger partial charge is 0.453 e. The Morgan fingerprint density at radius 3 is 3.07 bits per heavy atom. The number of methoxy groups -OCH3 is 1. The molecule has 0 bridgehead atoms. The first-order valence-corrected chi connectivity index (χ1v) is 4.96. The number of ether oxygens (including phenoxy) is 1. The lowest BCUT2D eigenvalue weighted by Gasteiger charge is -2.22. The van der Waals surface area contributed by atoms with Crippen LogP contribution in [0.4, 0.5) is 4.79 Å². The Bertz CT molecular complexity index is 198. The van der Waals surface area contributed by atoms with Gasteiger partial charge < -0.3 is 15.8 Å². The molecule has 1 saturated heterocycles. The quantitative estimate of drug-likeness (QED) is 0.661. The smallest absolute Gasteiger partial charge is 0.407 e. The van der Waals surface area contributed by atoms with Gasteiger partial charge in [0.2, 0.25) is 0 Å². The molecule has 0 aliphatic carbocycles. The number of rotatable bonds is 3. The minimum Gasteiger partial charge on any atom is -0.453 e. The molecule has 14 heavy (non-hydrogen) atoms. The second-order valence-electron chi connectivity index (χ2n) is 3.70. The first-order valence-electron chi connectivity index (χ1n) is 4.96. The zero-order chi connectivity index (χ0) is 10.6. The number of nitrogens with one attached hydrogen (secondary N) is 1. The van der Waals surface area contributed by atoms with Crippen LogP contribution < -0.4 is 11.1 Å². The molecule has 1 heterocycles. The van der Waals surface area contributed by atoms with E-state index in [1.165, 1.54) is 7.11 Å². The minimum atomic E-state index is -0.350. The molecule has 1 fully saturated rings. The highest BCUT2D eigenvalue weighted by molar-refractivity contribution is 5.67. The lowest BCUT2D eigenvalue weighted by Crippen LogP contribution is -2.41. The summed E-state index contributed by atoms with van der Waals surface area (Å²) in [7, 11) is 1.38. The van der Waals surface area contributed by atoms with E-state index in [0.29, 0.717) is 12.6 Å². The number of likely N-dealkylation sites (tertiary alicyclic amines) is 1. The third-order valence-corrected chi connectivity index (χ3v) is 2.69. The molecule has 2 unspecified atom stereocenters. The van der Waals surface area contributed by atoms with Gasteiger partial charge in [0.15, 0.2) is 0 Å². The van der Waals surface area contributed by atoms with Crippen molar-refractivity contribution in [2.75, 3.05) is 26.7 Å². The van der Waals surface area contributed by atoms with Gasteiger partial charge in [-0.1, -0.05) is 0 Å². The summed E-state index contributed by atoms with van der Waals surface area (Å²) >= 11 is 0. The number of hydrogen-bond acceptors (Lipinski definition) is 4. The van der Waals surface area contributed by atoms with E-state index in [1.807, 2.05) is 0 Å². The van der Waals surface area contributed by atoms with Crippen molar-refractivity contribution < 1.29 is 9.53 Å². The summed E-state index contributed by atoms with van der Waals surface area (Å²) in [5.41, 5.74) is 5.57. The third-order valence-electron chi connectivity index (χ3n) is 2.69. The molecular formula is C9H19N3O2. The van der Waals surface area contributed by atoms with E-state index in [4.69, 9.17) is 5.73 Å². The molecule has 82 valence electrons. The molecule has 5 nitrogen and oxygen atoms in total. The highest BCUT2D eigenvalue weighted by Gasteiger charge is 2.26. The molecule has 0 aromatic carbocycles. The van der Waals surface area contributed by atoms with Gasteiger partial charge in [-0.2, -0.15) is 0 Å². The molecule has 0 spiro atoms. The Hall–Kier alpha value is -0.810. The van der Waals surface area contributed by atoms with Gasteiger partial charge in [0.25, 0.3) is 0 Å². The van der Waals surface area contributed by atoms with Crippen molar-refractivity contribution in [3.8, 4) is 0 Å². The Balaban J connectivity index is 2.30. The van der Waals surface area contributed by atoms with Crippen molar-refractivity contribution in [1.82, 2.24) is 10.2 Å². The van der Waals surface area contributed by atoms with Crippen molar-refractivity contribution >= 4 is 6.09 Å². The van der Waals surface area contributed by atoms with Crippen LogP contribution in [0.25, 0.3) is 0 Å². The third kappa shape index (κ3) is 2.85. The molecule has 0 radical (unpaired) electrons. The molecular weight excluding hydrogens is 182 g/mol. The van der Waals surface area contributed by atoms with Crippen LogP contribution in [0.1, 0.15) is 13.3 Å². The zero-order valence-corrected chi connectivity index (χ0v) is 8.82. The van der Waals surface area contributed by atoms with Crippen LogP contribution in [-0.4, -0.2) is 49.8 Å². The van der Waals surface area contributed by atoms with Crippen LogP contribution >= 0.6 is 0 Å². The Morgan fingerprint density at radius 2 is 2.50 bits per heavy atom. The summed E-state index contributed by atoms with van der Waals surface area (Å²) in [5, 5.41) is 2.79. The van der Waals surface area contributed by atoms with Crippen molar-refractivity contribution in [1.29, 1.82) is 0 Å². The van der Waals surface area contributed by atoms with Gasteiger partial charge in [0.1, 0.15) is 0 Å². The summed E-state index contributed by atoms with van der Waals surface area (Å²) in [6, 6.07) is 0.593. The molecule has 0 saturated carbocycles. The van der Waals surface area contributed by atoms with Crippen LogP contribution in [0.15, 0.2) is 0 Å². The van der Waals surface area contributed by atoms with Gasteiger partial charge in [0.05, 0.1) is 7.11 Å². The summed E-state index contributed by atoms with van der Waals surface area (Å²) in [6.07, 6.45) is 0.622. The summed E-state index contributed by atoms with van der Waals surface area (Å²) in [6.45, 7) is 4.62. The van der Waals surface area contributed by atoms with Crippen molar-refractivity contribution in [2.24, 2.45) is 5.73 Å². The van der Waals surface area contributed by atoms with Gasteiger partial charge in [-0.3, -0.25) is 4.90 Å². The normalized spacial score (nSPS) is 24.6. The highest BCUT2D eigenvalue weighted by Crippen LogP contribution is 2.11. The summed E-state index contributed by atoms with van der Waals surface area (Å²) in [5.74, 6) is 0. The summed E-state index contributed by atoms with van der Waals surface area (Å²) in [4.78, 5) is 13.2. The van der Waals surface area contributed by atoms with Crippen molar-refractivity contribution in [3.63, 3.8) is 0 Å². The lowest BCUT2D eigenvalue weighted by molar-refractivity contribution is 0.165. The molecule has 1 rings (SSSR count). The Kier molecular flexibility index (Phi) is 4.16. The predicted octanol–water partition coefficient (Wildman–Crippen LogP) is -0.236. The standard InChI is InChI=1S/C9H19N3O2/c1-7(5-10)12-4-3-8(6-12)11-9(13)14-2/h7-8H,3-6,10H2,1-2H3,(H,11,13). The van der Waals surface area contributed by atoms with Crippen LogP contribution in [-0.2, 0) is 4.74 Å². The van der Waals surface area contributed by atoms with E-state index in [1.54, 1.807) is 0 Å². The van der Waals surface area contributed by atoms with Crippen molar-refractivity contribution in [2.45, 2.75) is 25.4 Å². The number of nitrogens with two attached hydrogens (primary N) is 1. The van der Waals surface area contributed by atoms with Crippen molar-refractivity contribution in [3.05, 3.63) is 0 Å². The van der Waals surface area contributed by atoms with Gasteiger partial charge in [-0.05, 0) is 13.3 Å². The highest BCUT2D eigenvalue weighted by atomic mass is 16.5. The molecule has 1 aliphatic heterocycles. The average molecular weight is 201 g/mol. The van der Waals surface area contributed by atoms with E-state index in [9.17, 15) is 4.79 Å². The Morgan fingerprint density at radius 1 is 1.79 bits per heavy atom.